The lowest BCUT2D eigenvalue weighted by Gasteiger charge is -2.05. The quantitative estimate of drug-likeness (QED) is 0.741. The van der Waals surface area contributed by atoms with E-state index in [1.807, 2.05) is 41.1 Å². The molecule has 0 aliphatic carbocycles. The monoisotopic (exact) mass is 351 g/mol. The standard InChI is InChI=1S/C20H21N3O3/c1-2-23-17-6-4-3-5-15(17)16(22-23)12-21-20(24)10-8-14-7-9-18-19(11-14)26-13-25-18/h3-7,9,11H,2,8,10,12-13H2,1H3,(H,21,24). The van der Waals surface area contributed by atoms with Crippen molar-refractivity contribution < 1.29 is 14.3 Å². The van der Waals surface area contributed by atoms with Crippen LogP contribution in [0.3, 0.4) is 0 Å². The highest BCUT2D eigenvalue weighted by Crippen LogP contribution is 2.32. The minimum Gasteiger partial charge on any atom is -0.454 e. The lowest BCUT2D eigenvalue weighted by molar-refractivity contribution is -0.121. The van der Waals surface area contributed by atoms with Gasteiger partial charge in [0.25, 0.3) is 0 Å². The Balaban J connectivity index is 1.36. The van der Waals surface area contributed by atoms with Crippen molar-refractivity contribution in [2.75, 3.05) is 6.79 Å². The Labute approximate surface area is 151 Å². The third kappa shape index (κ3) is 3.22. The molecule has 6 nitrogen and oxygen atoms in total. The van der Waals surface area contributed by atoms with Gasteiger partial charge in [0.1, 0.15) is 0 Å². The van der Waals surface area contributed by atoms with E-state index in [4.69, 9.17) is 9.47 Å². The lowest BCUT2D eigenvalue weighted by atomic mass is 10.1. The smallest absolute Gasteiger partial charge is 0.231 e. The first-order valence-electron chi connectivity index (χ1n) is 8.84. The Morgan fingerprint density at radius 2 is 2.04 bits per heavy atom. The molecule has 3 aromatic rings. The number of aromatic nitrogens is 2. The summed E-state index contributed by atoms with van der Waals surface area (Å²) in [7, 11) is 0. The van der Waals surface area contributed by atoms with Crippen LogP contribution in [0, 0.1) is 0 Å². The van der Waals surface area contributed by atoms with Crippen LogP contribution in [-0.4, -0.2) is 22.5 Å². The van der Waals surface area contributed by atoms with Gasteiger partial charge in [-0.1, -0.05) is 24.3 Å². The molecule has 0 saturated heterocycles. The van der Waals surface area contributed by atoms with Gasteiger partial charge in [0.2, 0.25) is 12.7 Å². The zero-order valence-electron chi connectivity index (χ0n) is 14.7. The van der Waals surface area contributed by atoms with E-state index in [-0.39, 0.29) is 12.7 Å². The summed E-state index contributed by atoms with van der Waals surface area (Å²) in [5.74, 6) is 1.52. The molecule has 0 atom stereocenters. The molecule has 6 heteroatoms. The second-order valence-corrected chi connectivity index (χ2v) is 6.24. The molecule has 26 heavy (non-hydrogen) atoms. The van der Waals surface area contributed by atoms with Gasteiger partial charge in [-0.05, 0) is 37.1 Å². The third-order valence-corrected chi connectivity index (χ3v) is 4.56. The van der Waals surface area contributed by atoms with Gasteiger partial charge < -0.3 is 14.8 Å². The third-order valence-electron chi connectivity index (χ3n) is 4.56. The van der Waals surface area contributed by atoms with E-state index in [1.165, 1.54) is 0 Å². The summed E-state index contributed by atoms with van der Waals surface area (Å²) in [5.41, 5.74) is 3.06. The van der Waals surface area contributed by atoms with E-state index < -0.39 is 0 Å². The Morgan fingerprint density at radius 1 is 1.19 bits per heavy atom. The molecule has 134 valence electrons. The predicted molar refractivity (Wildman–Crippen MR) is 98.1 cm³/mol. The fourth-order valence-corrected chi connectivity index (χ4v) is 3.19. The molecule has 1 N–H and O–H groups in total. The van der Waals surface area contributed by atoms with Crippen molar-refractivity contribution in [1.29, 1.82) is 0 Å². The molecule has 1 aromatic heterocycles. The first kappa shape index (κ1) is 16.4. The van der Waals surface area contributed by atoms with Gasteiger partial charge in [-0.15, -0.1) is 0 Å². The minimum absolute atomic E-state index is 0.0118. The van der Waals surface area contributed by atoms with Crippen LogP contribution in [0.2, 0.25) is 0 Å². The number of aryl methyl sites for hydroxylation is 2. The number of hydrogen-bond donors (Lipinski definition) is 1. The van der Waals surface area contributed by atoms with Crippen LogP contribution in [0.25, 0.3) is 10.9 Å². The molecule has 0 radical (unpaired) electrons. The maximum atomic E-state index is 12.2. The largest absolute Gasteiger partial charge is 0.454 e. The maximum Gasteiger partial charge on any atom is 0.231 e. The summed E-state index contributed by atoms with van der Waals surface area (Å²) in [4.78, 5) is 12.2. The molecule has 0 fully saturated rings. The highest BCUT2D eigenvalue weighted by atomic mass is 16.7. The van der Waals surface area contributed by atoms with Crippen LogP contribution in [-0.2, 0) is 24.3 Å². The molecule has 1 aliphatic rings. The van der Waals surface area contributed by atoms with Gasteiger partial charge in [-0.2, -0.15) is 5.10 Å². The molecule has 2 heterocycles. The number of benzene rings is 2. The molecule has 0 unspecified atom stereocenters. The van der Waals surface area contributed by atoms with Crippen LogP contribution in [0.5, 0.6) is 11.5 Å². The first-order valence-corrected chi connectivity index (χ1v) is 8.84. The van der Waals surface area contributed by atoms with Crippen molar-refractivity contribution in [2.24, 2.45) is 0 Å². The molecular weight excluding hydrogens is 330 g/mol. The van der Waals surface area contributed by atoms with E-state index >= 15 is 0 Å². The number of amides is 1. The van der Waals surface area contributed by atoms with E-state index in [9.17, 15) is 4.79 Å². The number of ether oxygens (including phenoxy) is 2. The van der Waals surface area contributed by atoms with Crippen molar-refractivity contribution >= 4 is 16.8 Å². The average Bonchev–Trinajstić information content (AvgIpc) is 3.28. The Morgan fingerprint density at radius 3 is 2.92 bits per heavy atom. The number of para-hydroxylation sites is 1. The topological polar surface area (TPSA) is 65.4 Å². The molecule has 0 spiro atoms. The molecular formula is C20H21N3O3. The number of fused-ring (bicyclic) bond motifs is 2. The van der Waals surface area contributed by atoms with E-state index in [0.717, 1.165) is 40.2 Å². The molecule has 0 bridgehead atoms. The second kappa shape index (κ2) is 7.07. The van der Waals surface area contributed by atoms with Gasteiger partial charge in [-0.25, -0.2) is 0 Å². The van der Waals surface area contributed by atoms with Crippen LogP contribution in [0.1, 0.15) is 24.6 Å². The van der Waals surface area contributed by atoms with E-state index in [2.05, 4.69) is 23.4 Å². The number of nitrogens with one attached hydrogen (secondary N) is 1. The van der Waals surface area contributed by atoms with Gasteiger partial charge in [0.15, 0.2) is 11.5 Å². The van der Waals surface area contributed by atoms with Gasteiger partial charge in [0, 0.05) is 18.4 Å². The highest BCUT2D eigenvalue weighted by molar-refractivity contribution is 5.83. The van der Waals surface area contributed by atoms with Crippen LogP contribution < -0.4 is 14.8 Å². The summed E-state index contributed by atoms with van der Waals surface area (Å²) in [5, 5.41) is 8.68. The average molecular weight is 351 g/mol. The maximum absolute atomic E-state index is 12.2. The SMILES string of the molecule is CCn1nc(CNC(=O)CCc2ccc3c(c2)OCO3)c2ccccc21. The Kier molecular flexibility index (Phi) is 4.48. The zero-order valence-corrected chi connectivity index (χ0v) is 14.7. The van der Waals surface area contributed by atoms with Gasteiger partial charge in [0.05, 0.1) is 17.8 Å². The predicted octanol–water partition coefficient (Wildman–Crippen LogP) is 3.03. The summed E-state index contributed by atoms with van der Waals surface area (Å²) in [6.45, 7) is 3.57. The number of carbonyl (C=O) groups is 1. The van der Waals surface area contributed by atoms with E-state index in [0.29, 0.717) is 19.4 Å². The highest BCUT2D eigenvalue weighted by Gasteiger charge is 2.14. The molecule has 0 saturated carbocycles. The summed E-state index contributed by atoms with van der Waals surface area (Å²) in [6, 6.07) is 13.9. The zero-order chi connectivity index (χ0) is 17.9. The van der Waals surface area contributed by atoms with Gasteiger partial charge in [-0.3, -0.25) is 9.48 Å². The summed E-state index contributed by atoms with van der Waals surface area (Å²) >= 11 is 0. The summed E-state index contributed by atoms with van der Waals surface area (Å²) in [6.07, 6.45) is 1.08. The van der Waals surface area contributed by atoms with Crippen LogP contribution in [0.15, 0.2) is 42.5 Å². The normalized spacial score (nSPS) is 12.5. The molecule has 4 rings (SSSR count). The fraction of sp³-hybridized carbons (Fsp3) is 0.300. The first-order chi connectivity index (χ1) is 12.7. The van der Waals surface area contributed by atoms with Crippen LogP contribution in [0.4, 0.5) is 0 Å². The number of hydrogen-bond acceptors (Lipinski definition) is 4. The number of nitrogens with zero attached hydrogens (tertiary/aromatic N) is 2. The van der Waals surface area contributed by atoms with Crippen molar-refractivity contribution in [3.8, 4) is 11.5 Å². The van der Waals surface area contributed by atoms with E-state index in [1.54, 1.807) is 0 Å². The Bertz CT molecular complexity index is 949. The van der Waals surface area contributed by atoms with Crippen molar-refractivity contribution in [1.82, 2.24) is 15.1 Å². The minimum atomic E-state index is 0.0118. The van der Waals surface area contributed by atoms with Gasteiger partial charge >= 0.3 is 0 Å². The summed E-state index contributed by atoms with van der Waals surface area (Å²) < 4.78 is 12.6. The lowest BCUT2D eigenvalue weighted by Crippen LogP contribution is -2.23. The van der Waals surface area contributed by atoms with Crippen molar-refractivity contribution in [2.45, 2.75) is 32.9 Å². The molecule has 1 aliphatic heterocycles. The number of carbonyl (C=O) groups excluding carboxylic acids is 1. The van der Waals surface area contributed by atoms with Crippen molar-refractivity contribution in [3.63, 3.8) is 0 Å². The Hall–Kier alpha value is -3.02. The molecule has 1 amide bonds. The fourth-order valence-electron chi connectivity index (χ4n) is 3.19. The number of rotatable bonds is 6. The molecule has 2 aromatic carbocycles. The second-order valence-electron chi connectivity index (χ2n) is 6.24. The van der Waals surface area contributed by atoms with Crippen LogP contribution >= 0.6 is 0 Å². The van der Waals surface area contributed by atoms with Crippen molar-refractivity contribution in [3.05, 3.63) is 53.7 Å².